The Morgan fingerprint density at radius 1 is 1.34 bits per heavy atom. The molecule has 1 aromatic heterocycles. The predicted molar refractivity (Wildman–Crippen MR) is 136 cm³/mol. The van der Waals surface area contributed by atoms with Crippen molar-refractivity contribution in [2.75, 3.05) is 37.7 Å². The van der Waals surface area contributed by atoms with E-state index in [4.69, 9.17) is 9.73 Å². The summed E-state index contributed by atoms with van der Waals surface area (Å²) in [5.74, 6) is 2.23. The van der Waals surface area contributed by atoms with Crippen LogP contribution in [-0.2, 0) is 18.3 Å². The number of halogens is 2. The Morgan fingerprint density at radius 2 is 2.19 bits per heavy atom. The van der Waals surface area contributed by atoms with Crippen molar-refractivity contribution in [2.45, 2.75) is 45.7 Å². The van der Waals surface area contributed by atoms with Gasteiger partial charge in [-0.3, -0.25) is 0 Å². The van der Waals surface area contributed by atoms with Crippen molar-refractivity contribution in [3.63, 3.8) is 0 Å². The van der Waals surface area contributed by atoms with Gasteiger partial charge in [-0.15, -0.1) is 34.2 Å². The second-order valence-electron chi connectivity index (χ2n) is 7.77. The molecule has 0 saturated carbocycles. The van der Waals surface area contributed by atoms with E-state index in [1.54, 1.807) is 12.1 Å². The Morgan fingerprint density at radius 3 is 2.91 bits per heavy atom. The highest BCUT2D eigenvalue weighted by Crippen LogP contribution is 2.20. The third kappa shape index (κ3) is 7.88. The summed E-state index contributed by atoms with van der Waals surface area (Å²) in [4.78, 5) is 6.97. The average Bonchev–Trinajstić information content (AvgIpc) is 3.09. The van der Waals surface area contributed by atoms with Gasteiger partial charge in [-0.2, -0.15) is 0 Å². The molecule has 2 N–H and O–H groups in total. The van der Waals surface area contributed by atoms with E-state index in [-0.39, 0.29) is 35.8 Å². The first-order valence-electron chi connectivity index (χ1n) is 11.0. The molecule has 1 saturated heterocycles. The lowest BCUT2D eigenvalue weighted by Crippen LogP contribution is -2.51. The van der Waals surface area contributed by atoms with Crippen LogP contribution in [0.5, 0.6) is 0 Å². The van der Waals surface area contributed by atoms with Crippen molar-refractivity contribution >= 4 is 35.6 Å². The van der Waals surface area contributed by atoms with Gasteiger partial charge < -0.3 is 24.8 Å². The Hall–Kier alpha value is -1.95. The number of aliphatic imine (C=N–C) groups is 1. The second-order valence-corrected chi connectivity index (χ2v) is 7.77. The van der Waals surface area contributed by atoms with Crippen LogP contribution in [0.2, 0.25) is 0 Å². The fourth-order valence-corrected chi connectivity index (χ4v) is 3.61. The Bertz CT molecular complexity index is 861. The molecule has 10 heteroatoms. The molecular formula is C22H35FIN7O. The van der Waals surface area contributed by atoms with Crippen LogP contribution < -0.4 is 15.5 Å². The fraction of sp³-hybridized carbons (Fsp3) is 0.591. The van der Waals surface area contributed by atoms with Crippen molar-refractivity contribution in [1.29, 1.82) is 0 Å². The van der Waals surface area contributed by atoms with Crippen LogP contribution in [0.25, 0.3) is 0 Å². The molecule has 1 aliphatic rings. The highest BCUT2D eigenvalue weighted by Gasteiger charge is 2.21. The quantitative estimate of drug-likeness (QED) is 0.213. The maximum atomic E-state index is 13.7. The molecule has 1 aliphatic heterocycles. The van der Waals surface area contributed by atoms with Crippen LogP contribution in [-0.4, -0.2) is 59.6 Å². The standard InChI is InChI=1S/C22H34FN7O.HI/c1-4-31-13-7-11-24-22(25-15-21-28-27-17(2)29(21)3)26-19-9-6-12-30(16-19)20-10-5-8-18(23)14-20;/h5,8,10,14,19H,4,6-7,9,11-13,15-16H2,1-3H3,(H2,24,25,26);1H. The zero-order chi connectivity index (χ0) is 22.1. The molecule has 3 rings (SSSR count). The summed E-state index contributed by atoms with van der Waals surface area (Å²) >= 11 is 0. The van der Waals surface area contributed by atoms with Crippen molar-refractivity contribution in [3.8, 4) is 0 Å². The monoisotopic (exact) mass is 559 g/mol. The summed E-state index contributed by atoms with van der Waals surface area (Å²) in [6.07, 6.45) is 2.97. The number of guanidine groups is 1. The normalized spacial score (nSPS) is 16.6. The maximum absolute atomic E-state index is 13.7. The Balaban J connectivity index is 0.00000363. The van der Waals surface area contributed by atoms with Gasteiger partial charge in [0.1, 0.15) is 18.2 Å². The number of nitrogens with zero attached hydrogens (tertiary/aromatic N) is 5. The first-order chi connectivity index (χ1) is 15.1. The van der Waals surface area contributed by atoms with Crippen LogP contribution in [0.3, 0.4) is 0 Å². The molecule has 0 radical (unpaired) electrons. The van der Waals surface area contributed by atoms with Gasteiger partial charge in [-0.25, -0.2) is 9.38 Å². The minimum Gasteiger partial charge on any atom is -0.382 e. The van der Waals surface area contributed by atoms with Crippen LogP contribution in [0.1, 0.15) is 37.8 Å². The number of piperidine rings is 1. The van der Waals surface area contributed by atoms with Crippen LogP contribution in [0.4, 0.5) is 10.1 Å². The third-order valence-corrected chi connectivity index (χ3v) is 5.46. The summed E-state index contributed by atoms with van der Waals surface area (Å²) in [6, 6.07) is 7.02. The average molecular weight is 559 g/mol. The minimum atomic E-state index is -0.204. The highest BCUT2D eigenvalue weighted by molar-refractivity contribution is 14.0. The van der Waals surface area contributed by atoms with Crippen molar-refractivity contribution in [3.05, 3.63) is 41.7 Å². The van der Waals surface area contributed by atoms with Crippen molar-refractivity contribution < 1.29 is 9.13 Å². The Kier molecular flexibility index (Phi) is 11.1. The van der Waals surface area contributed by atoms with Gasteiger partial charge in [0.05, 0.1) is 0 Å². The third-order valence-electron chi connectivity index (χ3n) is 5.46. The van der Waals surface area contributed by atoms with Crippen molar-refractivity contribution in [1.82, 2.24) is 25.4 Å². The lowest BCUT2D eigenvalue weighted by Gasteiger charge is -2.35. The van der Waals surface area contributed by atoms with Gasteiger partial charge in [0.2, 0.25) is 0 Å². The first kappa shape index (κ1) is 26.3. The number of nitrogens with one attached hydrogen (secondary N) is 2. The number of hydrogen-bond acceptors (Lipinski definition) is 5. The lowest BCUT2D eigenvalue weighted by molar-refractivity contribution is 0.145. The predicted octanol–water partition coefficient (Wildman–Crippen LogP) is 3.01. The second kappa shape index (κ2) is 13.6. The molecule has 178 valence electrons. The summed E-state index contributed by atoms with van der Waals surface area (Å²) in [5, 5.41) is 15.3. The van der Waals surface area contributed by atoms with Gasteiger partial charge in [0.15, 0.2) is 11.8 Å². The number of anilines is 1. The smallest absolute Gasteiger partial charge is 0.191 e. The topological polar surface area (TPSA) is 79.6 Å². The summed E-state index contributed by atoms with van der Waals surface area (Å²) < 4.78 is 21.0. The molecule has 0 aliphatic carbocycles. The zero-order valence-corrected chi connectivity index (χ0v) is 21.5. The summed E-state index contributed by atoms with van der Waals surface area (Å²) in [7, 11) is 1.95. The van der Waals surface area contributed by atoms with E-state index in [1.807, 2.05) is 31.5 Å². The van der Waals surface area contributed by atoms with Gasteiger partial charge in [-0.05, 0) is 51.3 Å². The van der Waals surface area contributed by atoms with E-state index in [9.17, 15) is 4.39 Å². The first-order valence-corrected chi connectivity index (χ1v) is 11.0. The lowest BCUT2D eigenvalue weighted by atomic mass is 10.0. The SMILES string of the molecule is CCOCCCNC(=NCc1nnc(C)n1C)NC1CCCN(c2cccc(F)c2)C1.I. The summed E-state index contributed by atoms with van der Waals surface area (Å²) in [6.45, 7) is 8.30. The number of aryl methyl sites for hydroxylation is 1. The molecule has 0 bridgehead atoms. The molecule has 2 heterocycles. The molecule has 0 spiro atoms. The van der Waals surface area contributed by atoms with E-state index >= 15 is 0 Å². The molecule has 1 unspecified atom stereocenters. The van der Waals surface area contributed by atoms with Crippen molar-refractivity contribution in [2.24, 2.45) is 12.0 Å². The molecule has 1 aromatic carbocycles. The van der Waals surface area contributed by atoms with Gasteiger partial charge in [0.25, 0.3) is 0 Å². The van der Waals surface area contributed by atoms with Gasteiger partial charge >= 0.3 is 0 Å². The molecular weight excluding hydrogens is 524 g/mol. The Labute approximate surface area is 207 Å². The van der Waals surface area contributed by atoms with Crippen LogP contribution >= 0.6 is 24.0 Å². The van der Waals surface area contributed by atoms with E-state index in [0.29, 0.717) is 6.54 Å². The number of ether oxygens (including phenoxy) is 1. The van der Waals surface area contributed by atoms with E-state index in [0.717, 1.165) is 75.4 Å². The van der Waals surface area contributed by atoms with Gasteiger partial charge in [-0.1, -0.05) is 6.07 Å². The highest BCUT2D eigenvalue weighted by atomic mass is 127. The number of hydrogen-bond donors (Lipinski definition) is 2. The number of rotatable bonds is 9. The van der Waals surface area contributed by atoms with Gasteiger partial charge in [0, 0.05) is 51.6 Å². The molecule has 0 amide bonds. The molecule has 1 fully saturated rings. The van der Waals surface area contributed by atoms with E-state index < -0.39 is 0 Å². The largest absolute Gasteiger partial charge is 0.382 e. The minimum absolute atomic E-state index is 0. The summed E-state index contributed by atoms with van der Waals surface area (Å²) in [5.41, 5.74) is 0.921. The number of aromatic nitrogens is 3. The van der Waals surface area contributed by atoms with E-state index in [2.05, 4.69) is 25.7 Å². The number of benzene rings is 1. The van der Waals surface area contributed by atoms with E-state index in [1.165, 1.54) is 6.07 Å². The maximum Gasteiger partial charge on any atom is 0.191 e. The molecule has 2 aromatic rings. The molecule has 32 heavy (non-hydrogen) atoms. The fourth-order valence-electron chi connectivity index (χ4n) is 3.61. The van der Waals surface area contributed by atoms with Crippen LogP contribution in [0, 0.1) is 12.7 Å². The zero-order valence-electron chi connectivity index (χ0n) is 19.2. The molecule has 8 nitrogen and oxygen atoms in total. The molecule has 1 atom stereocenters. The van der Waals surface area contributed by atoms with Crippen LogP contribution in [0.15, 0.2) is 29.3 Å².